The van der Waals surface area contributed by atoms with Crippen LogP contribution >= 0.6 is 11.6 Å². The quantitative estimate of drug-likeness (QED) is 0.300. The van der Waals surface area contributed by atoms with Crippen LogP contribution in [0.25, 0.3) is 5.76 Å². The number of likely N-dealkylation sites (tertiary alicyclic amines) is 1. The first-order valence-corrected chi connectivity index (χ1v) is 10.7. The number of carbonyl (C=O) groups is 2. The Bertz CT molecular complexity index is 1200. The Morgan fingerprint density at radius 1 is 1.12 bits per heavy atom. The first-order valence-electron chi connectivity index (χ1n) is 10.3. The molecule has 8 heteroatoms. The number of hydrogen-bond acceptors (Lipinski definition) is 6. The number of halogens is 1. The number of ether oxygens (including phenoxy) is 2. The number of amides is 1. The molecule has 170 valence electrons. The van der Waals surface area contributed by atoms with Crippen LogP contribution in [0, 0.1) is 0 Å². The van der Waals surface area contributed by atoms with E-state index in [4.69, 9.17) is 25.5 Å². The lowest BCUT2D eigenvalue weighted by molar-refractivity contribution is -0.140. The lowest BCUT2D eigenvalue weighted by Gasteiger charge is -2.23. The Morgan fingerprint density at radius 3 is 2.48 bits per heavy atom. The molecule has 1 saturated heterocycles. The predicted molar refractivity (Wildman–Crippen MR) is 122 cm³/mol. The molecule has 33 heavy (non-hydrogen) atoms. The Morgan fingerprint density at radius 2 is 1.85 bits per heavy atom. The monoisotopic (exact) mass is 467 g/mol. The molecule has 7 nitrogen and oxygen atoms in total. The van der Waals surface area contributed by atoms with E-state index in [1.54, 1.807) is 55.6 Å². The number of aliphatic hydroxyl groups is 1. The molecule has 0 aliphatic carbocycles. The molecule has 1 fully saturated rings. The number of nitrogens with zero attached hydrogens (tertiary/aromatic N) is 1. The van der Waals surface area contributed by atoms with Crippen molar-refractivity contribution in [3.63, 3.8) is 0 Å². The van der Waals surface area contributed by atoms with E-state index >= 15 is 0 Å². The summed E-state index contributed by atoms with van der Waals surface area (Å²) < 4.78 is 16.2. The molecule has 1 aliphatic heterocycles. The summed E-state index contributed by atoms with van der Waals surface area (Å²) in [6.07, 6.45) is 1.45. The van der Waals surface area contributed by atoms with Crippen LogP contribution in [-0.4, -0.2) is 35.4 Å². The van der Waals surface area contributed by atoms with Gasteiger partial charge < -0.3 is 23.9 Å². The number of aliphatic hydroxyl groups excluding tert-OH is 1. The minimum Gasteiger partial charge on any atom is -0.507 e. The lowest BCUT2D eigenvalue weighted by Crippen LogP contribution is -2.29. The molecule has 1 aromatic heterocycles. The van der Waals surface area contributed by atoms with E-state index in [0.29, 0.717) is 23.9 Å². The zero-order chi connectivity index (χ0) is 23.5. The van der Waals surface area contributed by atoms with Crippen LogP contribution in [0.15, 0.2) is 70.9 Å². The van der Waals surface area contributed by atoms with Gasteiger partial charge in [0.15, 0.2) is 0 Å². The summed E-state index contributed by atoms with van der Waals surface area (Å²) in [6, 6.07) is 14.3. The van der Waals surface area contributed by atoms with Gasteiger partial charge in [0.05, 0.1) is 30.6 Å². The van der Waals surface area contributed by atoms with Gasteiger partial charge in [-0.2, -0.15) is 0 Å². The number of methoxy groups -OCH3 is 1. The summed E-state index contributed by atoms with van der Waals surface area (Å²) in [6.45, 7) is 2.37. The average molecular weight is 468 g/mol. The first-order chi connectivity index (χ1) is 15.9. The van der Waals surface area contributed by atoms with E-state index in [-0.39, 0.29) is 22.7 Å². The van der Waals surface area contributed by atoms with Crippen molar-refractivity contribution in [3.05, 3.63) is 88.3 Å². The standard InChI is InChI=1S/C25H22ClNO6/c1-3-32-17-10-11-19(26)18(13-17)23(28)21-22(20-5-4-12-33-20)27(25(30)24(21)29)14-15-6-8-16(31-2)9-7-15/h4-13,22,28H,3,14H2,1-2H3/b23-21-. The second-order valence-corrected chi connectivity index (χ2v) is 7.77. The highest BCUT2D eigenvalue weighted by molar-refractivity contribution is 6.46. The first kappa shape index (κ1) is 22.5. The summed E-state index contributed by atoms with van der Waals surface area (Å²) in [7, 11) is 1.57. The third-order valence-corrected chi connectivity index (χ3v) is 5.70. The molecule has 0 saturated carbocycles. The van der Waals surface area contributed by atoms with Gasteiger partial charge in [-0.25, -0.2) is 0 Å². The van der Waals surface area contributed by atoms with Crippen LogP contribution in [0.1, 0.15) is 29.9 Å². The van der Waals surface area contributed by atoms with Gasteiger partial charge in [-0.3, -0.25) is 9.59 Å². The number of furan rings is 1. The number of benzene rings is 2. The maximum Gasteiger partial charge on any atom is 0.296 e. The predicted octanol–water partition coefficient (Wildman–Crippen LogP) is 4.96. The Hall–Kier alpha value is -3.71. The van der Waals surface area contributed by atoms with Crippen LogP contribution in [0.5, 0.6) is 11.5 Å². The van der Waals surface area contributed by atoms with Crippen molar-refractivity contribution in [1.29, 1.82) is 0 Å². The molecule has 1 atom stereocenters. The largest absolute Gasteiger partial charge is 0.507 e. The SMILES string of the molecule is CCOc1ccc(Cl)c(/C(O)=C2/C(=O)C(=O)N(Cc3ccc(OC)cc3)C2c2ccco2)c1. The Balaban J connectivity index is 1.81. The molecular formula is C25H22ClNO6. The van der Waals surface area contributed by atoms with Crippen molar-refractivity contribution in [2.24, 2.45) is 0 Å². The Kier molecular flexibility index (Phi) is 6.42. The van der Waals surface area contributed by atoms with Crippen LogP contribution in [0.3, 0.4) is 0 Å². The second-order valence-electron chi connectivity index (χ2n) is 7.37. The van der Waals surface area contributed by atoms with Gasteiger partial charge in [-0.1, -0.05) is 23.7 Å². The molecule has 2 heterocycles. The van der Waals surface area contributed by atoms with Gasteiger partial charge in [-0.05, 0) is 55.0 Å². The minimum absolute atomic E-state index is 0.0981. The topological polar surface area (TPSA) is 89.2 Å². The molecule has 1 aliphatic rings. The van der Waals surface area contributed by atoms with Crippen molar-refractivity contribution >= 4 is 29.1 Å². The van der Waals surface area contributed by atoms with E-state index in [2.05, 4.69) is 0 Å². The van der Waals surface area contributed by atoms with E-state index in [1.807, 2.05) is 6.92 Å². The molecule has 4 rings (SSSR count). The highest BCUT2D eigenvalue weighted by Gasteiger charge is 2.47. The van der Waals surface area contributed by atoms with Crippen LogP contribution in [0.4, 0.5) is 0 Å². The number of ketones is 1. The summed E-state index contributed by atoms with van der Waals surface area (Å²) in [5.74, 6) is -0.455. The third-order valence-electron chi connectivity index (χ3n) is 5.37. The smallest absolute Gasteiger partial charge is 0.296 e. The molecule has 2 aromatic carbocycles. The van der Waals surface area contributed by atoms with Crippen molar-refractivity contribution in [1.82, 2.24) is 4.90 Å². The van der Waals surface area contributed by atoms with Crippen LogP contribution < -0.4 is 9.47 Å². The molecule has 1 amide bonds. The maximum atomic E-state index is 13.1. The molecule has 1 N–H and O–H groups in total. The Labute approximate surface area is 195 Å². The highest BCUT2D eigenvalue weighted by atomic mass is 35.5. The van der Waals surface area contributed by atoms with Crippen LogP contribution in [0.2, 0.25) is 5.02 Å². The van der Waals surface area contributed by atoms with Crippen molar-refractivity contribution in [3.8, 4) is 11.5 Å². The number of rotatable bonds is 7. The number of hydrogen-bond donors (Lipinski definition) is 1. The molecule has 3 aromatic rings. The normalized spacial score (nSPS) is 17.4. The van der Waals surface area contributed by atoms with E-state index < -0.39 is 23.5 Å². The lowest BCUT2D eigenvalue weighted by atomic mass is 9.99. The van der Waals surface area contributed by atoms with Gasteiger partial charge in [0.2, 0.25) is 0 Å². The van der Waals surface area contributed by atoms with Gasteiger partial charge in [0.25, 0.3) is 11.7 Å². The van der Waals surface area contributed by atoms with E-state index in [9.17, 15) is 14.7 Å². The molecule has 0 bridgehead atoms. The molecule has 1 unspecified atom stereocenters. The van der Waals surface area contributed by atoms with E-state index in [0.717, 1.165) is 5.56 Å². The highest BCUT2D eigenvalue weighted by Crippen LogP contribution is 2.42. The van der Waals surface area contributed by atoms with Crippen molar-refractivity contribution < 1.29 is 28.6 Å². The van der Waals surface area contributed by atoms with Gasteiger partial charge in [0, 0.05) is 12.1 Å². The second kappa shape index (κ2) is 9.42. The fourth-order valence-electron chi connectivity index (χ4n) is 3.80. The van der Waals surface area contributed by atoms with Gasteiger partial charge >= 0.3 is 0 Å². The third kappa shape index (κ3) is 4.32. The van der Waals surface area contributed by atoms with Gasteiger partial charge in [-0.15, -0.1) is 0 Å². The zero-order valence-corrected chi connectivity index (χ0v) is 18.8. The van der Waals surface area contributed by atoms with Crippen molar-refractivity contribution in [2.45, 2.75) is 19.5 Å². The van der Waals surface area contributed by atoms with Crippen molar-refractivity contribution in [2.75, 3.05) is 13.7 Å². The summed E-state index contributed by atoms with van der Waals surface area (Å²) in [5, 5.41) is 11.4. The summed E-state index contributed by atoms with van der Waals surface area (Å²) >= 11 is 6.33. The number of Topliss-reactive ketones (excluding diaryl/α,β-unsaturated/α-hetero) is 1. The molecule has 0 spiro atoms. The zero-order valence-electron chi connectivity index (χ0n) is 18.1. The summed E-state index contributed by atoms with van der Waals surface area (Å²) in [4.78, 5) is 27.5. The van der Waals surface area contributed by atoms with E-state index in [1.165, 1.54) is 17.2 Å². The maximum absolute atomic E-state index is 13.1. The summed E-state index contributed by atoms with van der Waals surface area (Å²) in [5.41, 5.74) is 0.881. The fraction of sp³-hybridized carbons (Fsp3) is 0.200. The van der Waals surface area contributed by atoms with Crippen LogP contribution in [-0.2, 0) is 16.1 Å². The molecule has 0 radical (unpaired) electrons. The number of carbonyl (C=O) groups excluding carboxylic acids is 2. The average Bonchev–Trinajstić information content (AvgIpc) is 3.43. The fourth-order valence-corrected chi connectivity index (χ4v) is 4.01. The minimum atomic E-state index is -0.922. The molecular weight excluding hydrogens is 446 g/mol. The van der Waals surface area contributed by atoms with Gasteiger partial charge in [0.1, 0.15) is 29.1 Å².